The molecule has 22 heavy (non-hydrogen) atoms. The van der Waals surface area contributed by atoms with Gasteiger partial charge in [0.2, 0.25) is 11.8 Å². The van der Waals surface area contributed by atoms with E-state index in [0.717, 1.165) is 36.8 Å². The van der Waals surface area contributed by atoms with Crippen molar-refractivity contribution in [1.29, 1.82) is 0 Å². The van der Waals surface area contributed by atoms with Crippen LogP contribution in [-0.2, 0) is 16.0 Å². The first-order valence-electron chi connectivity index (χ1n) is 7.94. The van der Waals surface area contributed by atoms with Crippen molar-refractivity contribution in [2.75, 3.05) is 11.4 Å². The average molecular weight is 304 g/mol. The van der Waals surface area contributed by atoms with Crippen molar-refractivity contribution in [3.05, 3.63) is 29.1 Å². The van der Waals surface area contributed by atoms with Gasteiger partial charge in [-0.1, -0.05) is 6.07 Å². The fourth-order valence-electron chi connectivity index (χ4n) is 3.45. The Bertz CT molecular complexity index is 615. The maximum Gasteiger partial charge on any atom is 0.229 e. The average Bonchev–Trinajstić information content (AvgIpc) is 2.50. The van der Waals surface area contributed by atoms with Gasteiger partial charge < -0.3 is 10.2 Å². The van der Waals surface area contributed by atoms with Crippen LogP contribution >= 0.6 is 0 Å². The van der Waals surface area contributed by atoms with E-state index in [9.17, 15) is 14.0 Å². The van der Waals surface area contributed by atoms with Crippen LogP contribution in [0.5, 0.6) is 0 Å². The second-order valence-corrected chi connectivity index (χ2v) is 6.20. The molecule has 3 rings (SSSR count). The Balaban J connectivity index is 1.80. The molecular formula is C17H21FN2O2. The summed E-state index contributed by atoms with van der Waals surface area (Å²) in [7, 11) is 0. The molecule has 1 N–H and O–H groups in total. The number of hydrogen-bond acceptors (Lipinski definition) is 2. The summed E-state index contributed by atoms with van der Waals surface area (Å²) in [6.07, 6.45) is 4.06. The number of hydrogen-bond donors (Lipinski definition) is 1. The van der Waals surface area contributed by atoms with Gasteiger partial charge in [0.15, 0.2) is 0 Å². The van der Waals surface area contributed by atoms with E-state index in [2.05, 4.69) is 5.32 Å². The molecule has 4 nitrogen and oxygen atoms in total. The van der Waals surface area contributed by atoms with Gasteiger partial charge in [0.1, 0.15) is 5.82 Å². The maximum absolute atomic E-state index is 14.2. The quantitative estimate of drug-likeness (QED) is 0.912. The lowest BCUT2D eigenvalue weighted by molar-refractivity contribution is -0.124. The monoisotopic (exact) mass is 304 g/mol. The largest absolute Gasteiger partial charge is 0.353 e. The summed E-state index contributed by atoms with van der Waals surface area (Å²) < 4.78 is 14.2. The van der Waals surface area contributed by atoms with Crippen molar-refractivity contribution in [3.63, 3.8) is 0 Å². The van der Waals surface area contributed by atoms with Gasteiger partial charge in [0.25, 0.3) is 0 Å². The minimum Gasteiger partial charge on any atom is -0.353 e. The van der Waals surface area contributed by atoms with E-state index >= 15 is 0 Å². The molecule has 0 radical (unpaired) electrons. The number of benzene rings is 1. The van der Waals surface area contributed by atoms with E-state index in [0.29, 0.717) is 18.7 Å². The summed E-state index contributed by atoms with van der Waals surface area (Å²) in [4.78, 5) is 25.6. The highest BCUT2D eigenvalue weighted by Gasteiger charge is 2.29. The van der Waals surface area contributed by atoms with Crippen molar-refractivity contribution in [3.8, 4) is 0 Å². The van der Waals surface area contributed by atoms with Crippen molar-refractivity contribution in [1.82, 2.24) is 5.32 Å². The first-order valence-corrected chi connectivity index (χ1v) is 7.94. The zero-order valence-corrected chi connectivity index (χ0v) is 12.8. The van der Waals surface area contributed by atoms with Crippen LogP contribution in [0, 0.1) is 12.7 Å². The summed E-state index contributed by atoms with van der Waals surface area (Å²) in [6.45, 7) is 2.50. The summed E-state index contributed by atoms with van der Waals surface area (Å²) in [5, 5.41) is 2.86. The highest BCUT2D eigenvalue weighted by molar-refractivity contribution is 5.95. The third-order valence-corrected chi connectivity index (χ3v) is 4.59. The van der Waals surface area contributed by atoms with Crippen molar-refractivity contribution in [2.24, 2.45) is 0 Å². The van der Waals surface area contributed by atoms with Gasteiger partial charge >= 0.3 is 0 Å². The molecule has 1 atom stereocenters. The van der Waals surface area contributed by atoms with Gasteiger partial charge in [0, 0.05) is 25.4 Å². The summed E-state index contributed by atoms with van der Waals surface area (Å²) in [5.74, 6) is -0.427. The molecule has 1 aromatic rings. The lowest BCUT2D eigenvalue weighted by Crippen LogP contribution is -2.44. The highest BCUT2D eigenvalue weighted by Crippen LogP contribution is 2.33. The normalized spacial score (nSPS) is 21.3. The third-order valence-electron chi connectivity index (χ3n) is 4.59. The predicted molar refractivity (Wildman–Crippen MR) is 82.2 cm³/mol. The van der Waals surface area contributed by atoms with Gasteiger partial charge in [-0.05, 0) is 49.8 Å². The first-order chi connectivity index (χ1) is 10.6. The van der Waals surface area contributed by atoms with Crippen LogP contribution in [0.2, 0.25) is 0 Å². The molecule has 2 aliphatic rings. The zero-order valence-electron chi connectivity index (χ0n) is 12.8. The Morgan fingerprint density at radius 2 is 2.18 bits per heavy atom. The minimum absolute atomic E-state index is 0.00474. The number of carbonyl (C=O) groups is 2. The fourth-order valence-corrected chi connectivity index (χ4v) is 3.45. The maximum atomic E-state index is 14.2. The summed E-state index contributed by atoms with van der Waals surface area (Å²) in [6, 6.07) is 3.08. The van der Waals surface area contributed by atoms with E-state index in [1.165, 1.54) is 6.07 Å². The molecule has 1 fully saturated rings. The fraction of sp³-hybridized carbons (Fsp3) is 0.529. The number of rotatable bonds is 2. The number of anilines is 1. The van der Waals surface area contributed by atoms with Crippen LogP contribution in [0.1, 0.15) is 43.2 Å². The van der Waals surface area contributed by atoms with Crippen LogP contribution < -0.4 is 10.2 Å². The molecule has 0 aliphatic carbocycles. The topological polar surface area (TPSA) is 49.4 Å². The minimum atomic E-state index is -0.332. The number of nitrogens with zero attached hydrogens (tertiary/aromatic N) is 1. The van der Waals surface area contributed by atoms with Crippen LogP contribution in [0.3, 0.4) is 0 Å². The second kappa shape index (κ2) is 6.07. The smallest absolute Gasteiger partial charge is 0.229 e. The van der Waals surface area contributed by atoms with Gasteiger partial charge in [0.05, 0.1) is 5.69 Å². The van der Waals surface area contributed by atoms with Crippen molar-refractivity contribution in [2.45, 2.75) is 51.5 Å². The molecule has 2 aliphatic heterocycles. The van der Waals surface area contributed by atoms with E-state index in [-0.39, 0.29) is 30.1 Å². The number of piperidine rings is 1. The zero-order chi connectivity index (χ0) is 15.7. The Morgan fingerprint density at radius 3 is 2.95 bits per heavy atom. The number of halogens is 1. The number of aryl methyl sites for hydroxylation is 1. The Kier molecular flexibility index (Phi) is 4.14. The number of carbonyl (C=O) groups excluding carboxylic acids is 2. The molecule has 0 bridgehead atoms. The molecule has 1 aromatic carbocycles. The van der Waals surface area contributed by atoms with Gasteiger partial charge in [-0.15, -0.1) is 0 Å². The Hall–Kier alpha value is -1.91. The van der Waals surface area contributed by atoms with Crippen LogP contribution in [0.15, 0.2) is 12.1 Å². The van der Waals surface area contributed by atoms with Gasteiger partial charge in [-0.3, -0.25) is 9.59 Å². The lowest BCUT2D eigenvalue weighted by atomic mass is 9.95. The third kappa shape index (κ3) is 2.85. The van der Waals surface area contributed by atoms with Crippen molar-refractivity contribution < 1.29 is 14.0 Å². The van der Waals surface area contributed by atoms with Gasteiger partial charge in [-0.25, -0.2) is 4.39 Å². The van der Waals surface area contributed by atoms with E-state index in [1.54, 1.807) is 11.0 Å². The van der Waals surface area contributed by atoms with Crippen LogP contribution in [0.25, 0.3) is 0 Å². The molecule has 0 spiro atoms. The Labute approximate surface area is 129 Å². The van der Waals surface area contributed by atoms with E-state index < -0.39 is 0 Å². The second-order valence-electron chi connectivity index (χ2n) is 6.20. The molecule has 2 heterocycles. The SMILES string of the molecule is Cc1ccc(F)c2c1CCCN2C(=O)CC1CCCC(=O)N1. The first kappa shape index (κ1) is 15.0. The standard InChI is InChI=1S/C17H21FN2O2/c1-11-7-8-14(18)17-13(11)5-3-9-20(17)16(22)10-12-4-2-6-15(21)19-12/h7-8,12H,2-6,9-10H2,1H3,(H,19,21). The number of amides is 2. The molecule has 5 heteroatoms. The van der Waals surface area contributed by atoms with E-state index in [4.69, 9.17) is 0 Å². The summed E-state index contributed by atoms with van der Waals surface area (Å²) in [5.41, 5.74) is 2.41. The molecule has 1 saturated heterocycles. The molecule has 0 aromatic heterocycles. The van der Waals surface area contributed by atoms with E-state index in [1.807, 2.05) is 6.92 Å². The highest BCUT2D eigenvalue weighted by atomic mass is 19.1. The van der Waals surface area contributed by atoms with Crippen LogP contribution in [0.4, 0.5) is 10.1 Å². The molecule has 2 amide bonds. The Morgan fingerprint density at radius 1 is 1.36 bits per heavy atom. The van der Waals surface area contributed by atoms with Gasteiger partial charge in [-0.2, -0.15) is 0 Å². The predicted octanol–water partition coefficient (Wildman–Crippen LogP) is 2.47. The summed E-state index contributed by atoms with van der Waals surface area (Å²) >= 11 is 0. The lowest BCUT2D eigenvalue weighted by Gasteiger charge is -2.32. The molecule has 0 saturated carbocycles. The number of fused-ring (bicyclic) bond motifs is 1. The molecule has 1 unspecified atom stereocenters. The number of nitrogens with one attached hydrogen (secondary N) is 1. The van der Waals surface area contributed by atoms with Crippen molar-refractivity contribution >= 4 is 17.5 Å². The molecule has 118 valence electrons. The molecular weight excluding hydrogens is 283 g/mol. The van der Waals surface area contributed by atoms with Crippen LogP contribution in [-0.4, -0.2) is 24.4 Å².